The van der Waals surface area contributed by atoms with E-state index in [0.29, 0.717) is 6.42 Å². The van der Waals surface area contributed by atoms with Crippen molar-refractivity contribution >= 4 is 17.0 Å². The van der Waals surface area contributed by atoms with Gasteiger partial charge in [-0.2, -0.15) is 0 Å². The zero-order valence-corrected chi connectivity index (χ0v) is 10.8. The van der Waals surface area contributed by atoms with Crippen LogP contribution >= 0.6 is 11.3 Å². The molecule has 0 saturated carbocycles. The van der Waals surface area contributed by atoms with Crippen molar-refractivity contribution in [2.75, 3.05) is 12.3 Å². The number of benzene rings is 1. The highest BCUT2D eigenvalue weighted by Gasteiger charge is 2.08. The molecule has 90 valence electrons. The highest BCUT2D eigenvalue weighted by atomic mass is 32.1. The van der Waals surface area contributed by atoms with Crippen LogP contribution in [0.2, 0.25) is 0 Å². The van der Waals surface area contributed by atoms with Gasteiger partial charge >= 0.3 is 0 Å². The van der Waals surface area contributed by atoms with Crippen LogP contribution < -0.4 is 5.73 Å². The normalized spacial score (nSPS) is 10.7. The van der Waals surface area contributed by atoms with E-state index in [1.165, 1.54) is 9.75 Å². The third-order valence-corrected chi connectivity index (χ3v) is 4.12. The Morgan fingerprint density at radius 2 is 2.06 bits per heavy atom. The van der Waals surface area contributed by atoms with Gasteiger partial charge in [0.25, 0.3) is 0 Å². The molecule has 2 aromatic rings. The van der Waals surface area contributed by atoms with E-state index in [9.17, 15) is 0 Å². The van der Waals surface area contributed by atoms with Gasteiger partial charge < -0.3 is 10.8 Å². The summed E-state index contributed by atoms with van der Waals surface area (Å²) in [4.78, 5) is 2.58. The highest BCUT2D eigenvalue weighted by Crippen LogP contribution is 2.34. The molecule has 2 nitrogen and oxygen atoms in total. The molecule has 3 N–H and O–H groups in total. The molecule has 17 heavy (non-hydrogen) atoms. The van der Waals surface area contributed by atoms with Gasteiger partial charge in [-0.15, -0.1) is 11.3 Å². The van der Waals surface area contributed by atoms with Crippen LogP contribution in [0, 0.1) is 0 Å². The molecule has 0 spiro atoms. The summed E-state index contributed by atoms with van der Waals surface area (Å²) in [6.07, 6.45) is 1.67. The van der Waals surface area contributed by atoms with E-state index in [1.54, 1.807) is 11.3 Å². The molecule has 3 heteroatoms. The second-order valence-electron chi connectivity index (χ2n) is 3.97. The summed E-state index contributed by atoms with van der Waals surface area (Å²) in [6, 6.07) is 10.3. The monoisotopic (exact) mass is 247 g/mol. The Kier molecular flexibility index (Phi) is 3.82. The number of anilines is 1. The summed E-state index contributed by atoms with van der Waals surface area (Å²) in [5, 5.41) is 8.99. The molecule has 0 atom stereocenters. The van der Waals surface area contributed by atoms with Crippen LogP contribution in [0.15, 0.2) is 30.3 Å². The number of para-hydroxylation sites is 1. The molecule has 0 bridgehead atoms. The molecule has 0 unspecified atom stereocenters. The molecule has 0 aliphatic heterocycles. The Bertz CT molecular complexity index is 505. The first-order valence-electron chi connectivity index (χ1n) is 5.83. The third-order valence-electron chi connectivity index (χ3n) is 2.85. The van der Waals surface area contributed by atoms with Crippen molar-refractivity contribution < 1.29 is 5.11 Å². The van der Waals surface area contributed by atoms with Crippen LogP contribution in [0.25, 0.3) is 10.4 Å². The van der Waals surface area contributed by atoms with Crippen LogP contribution in [0.3, 0.4) is 0 Å². The first-order valence-corrected chi connectivity index (χ1v) is 6.65. The van der Waals surface area contributed by atoms with E-state index in [4.69, 9.17) is 10.8 Å². The summed E-state index contributed by atoms with van der Waals surface area (Å²) in [7, 11) is 0. The lowest BCUT2D eigenvalue weighted by atomic mass is 10.0. The van der Waals surface area contributed by atoms with Crippen molar-refractivity contribution in [3.05, 3.63) is 40.8 Å². The second-order valence-corrected chi connectivity index (χ2v) is 5.14. The fourth-order valence-electron chi connectivity index (χ4n) is 1.88. The number of rotatable bonds is 4. The molecule has 1 heterocycles. The molecule has 0 fully saturated rings. The minimum absolute atomic E-state index is 0.137. The Morgan fingerprint density at radius 3 is 2.71 bits per heavy atom. The third kappa shape index (κ3) is 2.51. The van der Waals surface area contributed by atoms with Crippen molar-refractivity contribution in [3.8, 4) is 10.4 Å². The summed E-state index contributed by atoms with van der Waals surface area (Å²) < 4.78 is 0. The van der Waals surface area contributed by atoms with Crippen LogP contribution in [0.5, 0.6) is 0 Å². The molecule has 1 aromatic heterocycles. The van der Waals surface area contributed by atoms with Gasteiger partial charge in [0.15, 0.2) is 0 Å². The Balaban J connectivity index is 2.41. The van der Waals surface area contributed by atoms with Gasteiger partial charge in [-0.1, -0.05) is 25.1 Å². The van der Waals surface area contributed by atoms with E-state index >= 15 is 0 Å². The number of hydrogen-bond acceptors (Lipinski definition) is 3. The Hall–Kier alpha value is -1.32. The first kappa shape index (κ1) is 12.1. The highest BCUT2D eigenvalue weighted by molar-refractivity contribution is 7.15. The van der Waals surface area contributed by atoms with Gasteiger partial charge in [-0.05, 0) is 30.5 Å². The molecular formula is C14H17NOS. The lowest BCUT2D eigenvalue weighted by molar-refractivity contribution is 0.300. The van der Waals surface area contributed by atoms with Crippen molar-refractivity contribution in [1.82, 2.24) is 0 Å². The number of nitrogen functional groups attached to an aromatic ring is 1. The largest absolute Gasteiger partial charge is 0.398 e. The van der Waals surface area contributed by atoms with Gasteiger partial charge in [0, 0.05) is 27.6 Å². The van der Waals surface area contributed by atoms with E-state index in [-0.39, 0.29) is 6.61 Å². The van der Waals surface area contributed by atoms with E-state index in [0.717, 1.165) is 23.2 Å². The molecule has 0 aliphatic rings. The Morgan fingerprint density at radius 1 is 1.24 bits per heavy atom. The zero-order chi connectivity index (χ0) is 12.3. The smallest absolute Gasteiger partial charge is 0.0472 e. The molecule has 1 aromatic carbocycles. The van der Waals surface area contributed by atoms with Crippen LogP contribution in [0.4, 0.5) is 5.69 Å². The summed E-state index contributed by atoms with van der Waals surface area (Å²) in [5.41, 5.74) is 9.05. The standard InChI is InChI=1S/C14H17NOS/c1-2-11-6-7-13(17-11)12-5-3-4-10(8-9-16)14(12)15/h3-7,16H,2,8-9,15H2,1H3. The number of thiophene rings is 1. The first-order chi connectivity index (χ1) is 8.26. The topological polar surface area (TPSA) is 46.2 Å². The molecule has 2 rings (SSSR count). The maximum Gasteiger partial charge on any atom is 0.0472 e. The number of aryl methyl sites for hydroxylation is 1. The van der Waals surface area contributed by atoms with Crippen molar-refractivity contribution in [2.45, 2.75) is 19.8 Å². The molecule has 0 saturated heterocycles. The summed E-state index contributed by atoms with van der Waals surface area (Å²) in [6.45, 7) is 2.29. The second kappa shape index (κ2) is 5.34. The van der Waals surface area contributed by atoms with E-state index in [2.05, 4.69) is 19.1 Å². The average Bonchev–Trinajstić information content (AvgIpc) is 2.80. The quantitative estimate of drug-likeness (QED) is 0.816. The number of aliphatic hydroxyl groups excluding tert-OH is 1. The van der Waals surface area contributed by atoms with E-state index in [1.807, 2.05) is 18.2 Å². The van der Waals surface area contributed by atoms with Gasteiger partial charge in [-0.3, -0.25) is 0 Å². The molecule has 0 amide bonds. The molecule has 0 radical (unpaired) electrons. The van der Waals surface area contributed by atoms with Gasteiger partial charge in [0.2, 0.25) is 0 Å². The predicted octanol–water partition coefficient (Wildman–Crippen LogP) is 3.09. The Labute approximate surface area is 106 Å². The van der Waals surface area contributed by atoms with Crippen LogP contribution in [-0.2, 0) is 12.8 Å². The van der Waals surface area contributed by atoms with Crippen molar-refractivity contribution in [1.29, 1.82) is 0 Å². The van der Waals surface area contributed by atoms with Crippen molar-refractivity contribution in [2.24, 2.45) is 0 Å². The number of hydrogen-bond donors (Lipinski definition) is 2. The lowest BCUT2D eigenvalue weighted by Crippen LogP contribution is -1.99. The fraction of sp³-hybridized carbons (Fsp3) is 0.286. The SMILES string of the molecule is CCc1ccc(-c2cccc(CCO)c2N)s1. The maximum atomic E-state index is 8.99. The number of nitrogens with two attached hydrogens (primary N) is 1. The lowest BCUT2D eigenvalue weighted by Gasteiger charge is -2.08. The minimum atomic E-state index is 0.137. The van der Waals surface area contributed by atoms with Crippen LogP contribution in [0.1, 0.15) is 17.4 Å². The van der Waals surface area contributed by atoms with Gasteiger partial charge in [-0.25, -0.2) is 0 Å². The maximum absolute atomic E-state index is 8.99. The predicted molar refractivity (Wildman–Crippen MR) is 74.3 cm³/mol. The van der Waals surface area contributed by atoms with Gasteiger partial charge in [0.05, 0.1) is 0 Å². The van der Waals surface area contributed by atoms with Gasteiger partial charge in [0.1, 0.15) is 0 Å². The zero-order valence-electron chi connectivity index (χ0n) is 9.94. The average molecular weight is 247 g/mol. The van der Waals surface area contributed by atoms with E-state index < -0.39 is 0 Å². The fourth-order valence-corrected chi connectivity index (χ4v) is 2.87. The van der Waals surface area contributed by atoms with Crippen LogP contribution in [-0.4, -0.2) is 11.7 Å². The van der Waals surface area contributed by atoms with Crippen molar-refractivity contribution in [3.63, 3.8) is 0 Å². The molecule has 0 aliphatic carbocycles. The molecular weight excluding hydrogens is 230 g/mol. The number of aliphatic hydroxyl groups is 1. The summed E-state index contributed by atoms with van der Waals surface area (Å²) in [5.74, 6) is 0. The summed E-state index contributed by atoms with van der Waals surface area (Å²) >= 11 is 1.78. The minimum Gasteiger partial charge on any atom is -0.398 e.